The first kappa shape index (κ1) is 11.3. The van der Waals surface area contributed by atoms with E-state index in [1.165, 1.54) is 0 Å². The van der Waals surface area contributed by atoms with Crippen LogP contribution in [0.5, 0.6) is 0 Å². The molecule has 0 unspecified atom stereocenters. The smallest absolute Gasteiger partial charge is 0.253 e. The molecule has 0 saturated carbocycles. The first-order chi connectivity index (χ1) is 7.81. The maximum absolute atomic E-state index is 12.1. The van der Waals surface area contributed by atoms with E-state index in [4.69, 9.17) is 5.84 Å². The number of benzene rings is 1. The van der Waals surface area contributed by atoms with Crippen LogP contribution in [0, 0.1) is 0 Å². The van der Waals surface area contributed by atoms with Crippen LogP contribution in [0.4, 0.5) is 5.69 Å². The van der Waals surface area contributed by atoms with Crippen molar-refractivity contribution in [3.05, 3.63) is 29.8 Å². The van der Waals surface area contributed by atoms with Gasteiger partial charge < -0.3 is 10.3 Å². The van der Waals surface area contributed by atoms with Gasteiger partial charge in [0.15, 0.2) is 0 Å². The molecule has 0 spiro atoms. The summed E-state index contributed by atoms with van der Waals surface area (Å²) in [6.07, 6.45) is 0. The fourth-order valence-corrected chi connectivity index (χ4v) is 2.56. The van der Waals surface area contributed by atoms with Gasteiger partial charge in [0.1, 0.15) is 0 Å². The number of nitrogens with two attached hydrogens (primary N) is 1. The number of hydrogen-bond donors (Lipinski definition) is 2. The van der Waals surface area contributed by atoms with Crippen LogP contribution < -0.4 is 11.3 Å². The SMILES string of the molecule is NNc1ccc(C(=O)N2CCSCC2)cc1. The Morgan fingerprint density at radius 1 is 1.25 bits per heavy atom. The number of nitrogen functional groups attached to an aromatic ring is 1. The Labute approximate surface area is 99.2 Å². The van der Waals surface area contributed by atoms with Crippen molar-refractivity contribution in [3.8, 4) is 0 Å². The second-order valence-electron chi connectivity index (χ2n) is 3.63. The zero-order valence-electron chi connectivity index (χ0n) is 8.98. The van der Waals surface area contributed by atoms with Gasteiger partial charge in [0.05, 0.1) is 0 Å². The van der Waals surface area contributed by atoms with Gasteiger partial charge in [-0.1, -0.05) is 0 Å². The number of nitrogens with zero attached hydrogens (tertiary/aromatic N) is 1. The van der Waals surface area contributed by atoms with E-state index in [-0.39, 0.29) is 5.91 Å². The average Bonchev–Trinajstić information content (AvgIpc) is 2.39. The van der Waals surface area contributed by atoms with E-state index < -0.39 is 0 Å². The van der Waals surface area contributed by atoms with Crippen molar-refractivity contribution in [2.24, 2.45) is 5.84 Å². The Morgan fingerprint density at radius 3 is 2.44 bits per heavy atom. The van der Waals surface area contributed by atoms with E-state index in [1.54, 1.807) is 12.1 Å². The summed E-state index contributed by atoms with van der Waals surface area (Å²) in [4.78, 5) is 14.0. The van der Waals surface area contributed by atoms with Gasteiger partial charge in [0.2, 0.25) is 0 Å². The highest BCUT2D eigenvalue weighted by Crippen LogP contribution is 2.14. The van der Waals surface area contributed by atoms with E-state index in [9.17, 15) is 4.79 Å². The van der Waals surface area contributed by atoms with Crippen LogP contribution in [0.1, 0.15) is 10.4 Å². The molecule has 1 aromatic rings. The Hall–Kier alpha value is -1.20. The number of carbonyl (C=O) groups excluding carboxylic acids is 1. The highest BCUT2D eigenvalue weighted by molar-refractivity contribution is 7.99. The molecule has 3 N–H and O–H groups in total. The standard InChI is InChI=1S/C11H15N3OS/c12-13-10-3-1-9(2-4-10)11(15)14-5-7-16-8-6-14/h1-4,13H,5-8,12H2. The summed E-state index contributed by atoms with van der Waals surface area (Å²) < 4.78 is 0. The van der Waals surface area contributed by atoms with Gasteiger partial charge in [-0.15, -0.1) is 0 Å². The van der Waals surface area contributed by atoms with Gasteiger partial charge in [-0.2, -0.15) is 11.8 Å². The molecule has 86 valence electrons. The summed E-state index contributed by atoms with van der Waals surface area (Å²) in [6, 6.07) is 7.23. The zero-order chi connectivity index (χ0) is 11.4. The minimum absolute atomic E-state index is 0.115. The topological polar surface area (TPSA) is 58.4 Å². The molecule has 0 bridgehead atoms. The zero-order valence-corrected chi connectivity index (χ0v) is 9.80. The van der Waals surface area contributed by atoms with Crippen molar-refractivity contribution in [2.75, 3.05) is 30.0 Å². The lowest BCUT2D eigenvalue weighted by Crippen LogP contribution is -2.37. The summed E-state index contributed by atoms with van der Waals surface area (Å²) >= 11 is 1.90. The predicted molar refractivity (Wildman–Crippen MR) is 67.5 cm³/mol. The monoisotopic (exact) mass is 237 g/mol. The van der Waals surface area contributed by atoms with E-state index in [2.05, 4.69) is 5.43 Å². The molecule has 0 aliphatic carbocycles. The number of amides is 1. The number of anilines is 1. The van der Waals surface area contributed by atoms with E-state index in [0.717, 1.165) is 35.8 Å². The Kier molecular flexibility index (Phi) is 3.69. The van der Waals surface area contributed by atoms with Crippen molar-refractivity contribution in [1.29, 1.82) is 0 Å². The van der Waals surface area contributed by atoms with Gasteiger partial charge in [0, 0.05) is 35.8 Å². The molecule has 1 saturated heterocycles. The Bertz CT molecular complexity index is 360. The Morgan fingerprint density at radius 2 is 1.88 bits per heavy atom. The minimum atomic E-state index is 0.115. The van der Waals surface area contributed by atoms with Crippen LogP contribution in [0.15, 0.2) is 24.3 Å². The maximum Gasteiger partial charge on any atom is 0.253 e. The lowest BCUT2D eigenvalue weighted by Gasteiger charge is -2.26. The highest BCUT2D eigenvalue weighted by atomic mass is 32.2. The molecule has 16 heavy (non-hydrogen) atoms. The summed E-state index contributed by atoms with van der Waals surface area (Å²) in [6.45, 7) is 1.70. The first-order valence-corrected chi connectivity index (χ1v) is 6.40. The van der Waals surface area contributed by atoms with Gasteiger partial charge in [0.25, 0.3) is 5.91 Å². The quantitative estimate of drug-likeness (QED) is 0.598. The number of hydrogen-bond acceptors (Lipinski definition) is 4. The van der Waals surface area contributed by atoms with Crippen LogP contribution >= 0.6 is 11.8 Å². The second-order valence-corrected chi connectivity index (χ2v) is 4.85. The number of nitrogens with one attached hydrogen (secondary N) is 1. The van der Waals surface area contributed by atoms with Gasteiger partial charge in [-0.05, 0) is 24.3 Å². The van der Waals surface area contributed by atoms with Gasteiger partial charge in [-0.3, -0.25) is 10.6 Å². The van der Waals surface area contributed by atoms with Gasteiger partial charge >= 0.3 is 0 Å². The van der Waals surface area contributed by atoms with E-state index in [1.807, 2.05) is 28.8 Å². The summed E-state index contributed by atoms with van der Waals surface area (Å²) in [5, 5.41) is 0. The molecule has 1 amide bonds. The molecule has 4 nitrogen and oxygen atoms in total. The van der Waals surface area contributed by atoms with Crippen molar-refractivity contribution in [2.45, 2.75) is 0 Å². The summed E-state index contributed by atoms with van der Waals surface area (Å²) in [5.74, 6) is 7.46. The van der Waals surface area contributed by atoms with Gasteiger partial charge in [-0.25, -0.2) is 0 Å². The normalized spacial score (nSPS) is 15.9. The molecular formula is C11H15N3OS. The number of hydrazine groups is 1. The lowest BCUT2D eigenvalue weighted by molar-refractivity contribution is 0.0772. The number of rotatable bonds is 2. The molecule has 0 atom stereocenters. The first-order valence-electron chi connectivity index (χ1n) is 5.25. The third-order valence-corrected chi connectivity index (χ3v) is 3.54. The molecule has 1 fully saturated rings. The van der Waals surface area contributed by atoms with Crippen LogP contribution in [0.3, 0.4) is 0 Å². The predicted octanol–water partition coefficient (Wildman–Crippen LogP) is 1.16. The van der Waals surface area contributed by atoms with Crippen molar-refractivity contribution in [1.82, 2.24) is 4.90 Å². The molecule has 1 heterocycles. The number of thioether (sulfide) groups is 1. The fraction of sp³-hybridized carbons (Fsp3) is 0.364. The van der Waals surface area contributed by atoms with Crippen LogP contribution in [-0.2, 0) is 0 Å². The van der Waals surface area contributed by atoms with Crippen molar-refractivity contribution in [3.63, 3.8) is 0 Å². The minimum Gasteiger partial charge on any atom is -0.337 e. The van der Waals surface area contributed by atoms with Crippen LogP contribution in [0.2, 0.25) is 0 Å². The highest BCUT2D eigenvalue weighted by Gasteiger charge is 2.17. The molecule has 0 radical (unpaired) electrons. The molecule has 1 aliphatic heterocycles. The molecule has 2 rings (SSSR count). The molecule has 1 aromatic carbocycles. The number of carbonyl (C=O) groups is 1. The molecular weight excluding hydrogens is 222 g/mol. The van der Waals surface area contributed by atoms with Crippen molar-refractivity contribution >= 4 is 23.4 Å². The summed E-state index contributed by atoms with van der Waals surface area (Å²) in [7, 11) is 0. The van der Waals surface area contributed by atoms with Crippen molar-refractivity contribution < 1.29 is 4.79 Å². The maximum atomic E-state index is 12.1. The third-order valence-electron chi connectivity index (χ3n) is 2.60. The summed E-state index contributed by atoms with van der Waals surface area (Å²) in [5.41, 5.74) is 4.08. The molecule has 5 heteroatoms. The van der Waals surface area contributed by atoms with Crippen LogP contribution in [0.25, 0.3) is 0 Å². The average molecular weight is 237 g/mol. The van der Waals surface area contributed by atoms with E-state index >= 15 is 0 Å². The second kappa shape index (κ2) is 5.23. The fourth-order valence-electron chi connectivity index (χ4n) is 1.66. The Balaban J connectivity index is 2.07. The third kappa shape index (κ3) is 2.48. The van der Waals surface area contributed by atoms with Crippen LogP contribution in [-0.4, -0.2) is 35.4 Å². The lowest BCUT2D eigenvalue weighted by atomic mass is 10.2. The largest absolute Gasteiger partial charge is 0.337 e. The van der Waals surface area contributed by atoms with E-state index in [0.29, 0.717) is 0 Å². The molecule has 0 aromatic heterocycles. The molecule has 1 aliphatic rings.